The number of hydrogen-bond donors (Lipinski definition) is 18. The highest BCUT2D eigenvalue weighted by atomic mass is 32.2. The minimum absolute atomic E-state index is 0.000358. The van der Waals surface area contributed by atoms with Crippen LogP contribution in [0.4, 0.5) is 0 Å². The summed E-state index contributed by atoms with van der Waals surface area (Å²) in [6.45, 7) is 6.09. The minimum atomic E-state index is -1.89. The number of phenolic OH excluding ortho intramolecular Hbond substituents is 1. The molecular weight excluding hydrogens is 1780 g/mol. The Morgan fingerprint density at radius 1 is 0.529 bits per heavy atom. The maximum Gasteiger partial charge on any atom is 0.246 e. The molecule has 43 heteroatoms. The number of amides is 17. The summed E-state index contributed by atoms with van der Waals surface area (Å²) < 4.78 is 0. The van der Waals surface area contributed by atoms with Crippen LogP contribution in [0.2, 0.25) is 0 Å². The first-order chi connectivity index (χ1) is 64.9. The van der Waals surface area contributed by atoms with Gasteiger partial charge in [-0.05, 0) is 104 Å². The van der Waals surface area contributed by atoms with Crippen LogP contribution in [0.15, 0.2) is 122 Å². The summed E-state index contributed by atoms with van der Waals surface area (Å²) in [4.78, 5) is 274. The highest BCUT2D eigenvalue weighted by molar-refractivity contribution is 8.00. The summed E-state index contributed by atoms with van der Waals surface area (Å²) in [5, 5.41) is 60.9. The minimum Gasteiger partial charge on any atom is -0.508 e. The molecule has 42 nitrogen and oxygen atoms in total. The molecule has 0 aliphatic carbocycles. The van der Waals surface area contributed by atoms with Crippen molar-refractivity contribution in [3.05, 3.63) is 150 Å². The SMILES string of the molecule is CCCC[C@H]1C(=O)N(C)[C@@H](CCCC)C(=O)N[C@@H](Cc2ccncc2)C(=O)N[C@H](C(=O)NCC(N)=O)CSCC(=O)N[C@@H](Cc2ccc(O)cc2)C(=O)N(C)[C@@H](C)C(=O)N[C@@H](CC(N)=O)C(=O)N2CCC[C@H]2C(=O)N[C@@H](Cc2cnc[nH]2)C(=O)N[C@@H](CC(C)C)C(=O)N2C[C@H](O)CC2C(=O)N[C@@H](Cc2c[nH]c3ccccc23)C(=O)N[C@@H](CO)C(=O)N[C@@H](Cc2c[nH]c3ccccc23)C(=O)N1C. The molecule has 1 unspecified atom stereocenters. The Labute approximate surface area is 789 Å². The van der Waals surface area contributed by atoms with E-state index in [0.29, 0.717) is 75.4 Å². The van der Waals surface area contributed by atoms with Crippen LogP contribution in [0.25, 0.3) is 21.8 Å². The number of aromatic amines is 3. The normalized spacial score (nSPS) is 24.7. The van der Waals surface area contributed by atoms with E-state index in [9.17, 15) is 53.7 Å². The lowest BCUT2D eigenvalue weighted by molar-refractivity contribution is -0.149. The highest BCUT2D eigenvalue weighted by Crippen LogP contribution is 2.28. The molecule has 732 valence electrons. The average Bonchev–Trinajstić information content (AvgIpc) is 1.65. The van der Waals surface area contributed by atoms with Crippen LogP contribution in [0.3, 0.4) is 0 Å². The van der Waals surface area contributed by atoms with Gasteiger partial charge in [0.15, 0.2) is 0 Å². The fourth-order valence-electron chi connectivity index (χ4n) is 17.0. The predicted octanol–water partition coefficient (Wildman–Crippen LogP) is -1.55. The van der Waals surface area contributed by atoms with Gasteiger partial charge in [0.25, 0.3) is 0 Å². The first kappa shape index (κ1) is 104. The largest absolute Gasteiger partial charge is 0.508 e. The number of para-hydroxylation sites is 2. The van der Waals surface area contributed by atoms with Crippen LogP contribution in [0.5, 0.6) is 5.75 Å². The summed E-state index contributed by atoms with van der Waals surface area (Å²) in [5.41, 5.74) is 14.7. The summed E-state index contributed by atoms with van der Waals surface area (Å²) >= 11 is 0.779. The molecule has 20 N–H and O–H groups in total. The lowest BCUT2D eigenvalue weighted by atomic mass is 9.99. The van der Waals surface area contributed by atoms with Gasteiger partial charge >= 0.3 is 0 Å². The number of benzene rings is 3. The van der Waals surface area contributed by atoms with Crippen LogP contribution >= 0.6 is 11.8 Å². The van der Waals surface area contributed by atoms with Gasteiger partial charge in [0.1, 0.15) is 90.3 Å². The number of unbranched alkanes of at least 4 members (excludes halogenated alkanes) is 2. The number of pyridine rings is 1. The van der Waals surface area contributed by atoms with E-state index in [0.717, 1.165) is 31.4 Å². The fraction of sp³-hybridized carbons (Fsp3) is 0.495. The van der Waals surface area contributed by atoms with Crippen LogP contribution in [-0.4, -0.2) is 315 Å². The third-order valence-electron chi connectivity index (χ3n) is 24.5. The second-order valence-corrected chi connectivity index (χ2v) is 36.1. The number of nitrogens with one attached hydrogen (secondary N) is 13. The Kier molecular flexibility index (Phi) is 37.9. The molecule has 0 spiro atoms. The number of rotatable bonds is 24. The second kappa shape index (κ2) is 49.4. The zero-order chi connectivity index (χ0) is 98.7. The standard InChI is InChI=1S/C93H124N22O20S/c1-9-11-22-73-86(128)103-64(35-54-29-31-96-32-30-54)82(124)110-72(81(123)100-45-78(95)120)48-136-49-79(121)102-68(36-53-25-27-58(117)28-26-53)89(131)111(6)52(5)80(122)106-70(41-77(94)119)91(133)114-33-17-24-74(114)87(129)105-66(39-57-44-97-50-101-57)84(126)107-67(34-51(3)4)92(134)115-46-59(118)40-76(115)88(130)104-65(37-55-42-98-62-20-15-13-18-60(55)62)83(125)109-71(47-116)85(127)108-69(38-56-43-99-63-21-16-14-19-61(56)63)90(132)113(8)75(23-12-10-2)93(135)112(73)7/h13-16,18-21,25-32,42-44,50-52,59,64-76,98-99,116-118H,9-12,17,22-24,33-41,45-49H2,1-8H3,(H2,94,119)(H2,95,120)(H,97,101)(H,100,123)(H,102,121)(H,103,128)(H,104,130)(H,105,129)(H,106,122)(H,107,126)(H,108,127)(H,109,125)(H,110,124)/t52-,59+,64-,65-,66-,67-,68-,69-,70-,71-,72-,73-,74-,75-,76?/m0/s1. The number of aromatic nitrogens is 5. The Morgan fingerprint density at radius 3 is 1.65 bits per heavy atom. The number of phenols is 1. The molecule has 3 aromatic carbocycles. The zero-order valence-electron chi connectivity index (χ0n) is 77.3. The molecule has 3 saturated heterocycles. The smallest absolute Gasteiger partial charge is 0.246 e. The van der Waals surface area contributed by atoms with Crippen molar-refractivity contribution < 1.29 is 96.8 Å². The number of imidazole rings is 1. The molecule has 0 bridgehead atoms. The molecule has 3 aliphatic heterocycles. The lowest BCUT2D eigenvalue weighted by Crippen LogP contribution is -2.62. The van der Waals surface area contributed by atoms with E-state index in [1.807, 2.05) is 13.8 Å². The lowest BCUT2D eigenvalue weighted by Gasteiger charge is -2.36. The number of nitrogens with two attached hydrogens (primary N) is 2. The Hall–Kier alpha value is -13.8. The van der Waals surface area contributed by atoms with Crippen molar-refractivity contribution in [1.29, 1.82) is 0 Å². The molecule has 136 heavy (non-hydrogen) atoms. The van der Waals surface area contributed by atoms with Gasteiger partial charge in [-0.25, -0.2) is 4.98 Å². The van der Waals surface area contributed by atoms with Crippen molar-refractivity contribution in [3.8, 4) is 5.75 Å². The number of primary amides is 2. The molecule has 17 amide bonds. The second-order valence-electron chi connectivity index (χ2n) is 35.1. The van der Waals surface area contributed by atoms with Crippen molar-refractivity contribution in [2.75, 3.05) is 58.9 Å². The molecular formula is C93H124N22O20S. The van der Waals surface area contributed by atoms with Crippen LogP contribution in [0.1, 0.15) is 133 Å². The maximum atomic E-state index is 15.8. The molecule has 4 aromatic heterocycles. The number of aliphatic hydroxyl groups excluding tert-OH is 2. The number of fused-ring (bicyclic) bond motifs is 4. The molecule has 0 radical (unpaired) electrons. The molecule has 3 aliphatic rings. The van der Waals surface area contributed by atoms with Crippen LogP contribution in [-0.2, 0) is 114 Å². The number of hydrogen-bond acceptors (Lipinski definition) is 23. The topological polar surface area (TPSA) is 613 Å². The summed E-state index contributed by atoms with van der Waals surface area (Å²) in [7, 11) is 3.94. The first-order valence-electron chi connectivity index (χ1n) is 45.5. The molecule has 3 fully saturated rings. The van der Waals surface area contributed by atoms with Gasteiger partial charge in [-0.15, -0.1) is 11.8 Å². The molecule has 0 saturated carbocycles. The molecule has 7 heterocycles. The average molecular weight is 1900 g/mol. The van der Waals surface area contributed by atoms with E-state index < -0.39 is 229 Å². The van der Waals surface area contributed by atoms with E-state index in [2.05, 4.69) is 78.1 Å². The predicted molar refractivity (Wildman–Crippen MR) is 499 cm³/mol. The van der Waals surface area contributed by atoms with Crippen molar-refractivity contribution in [3.63, 3.8) is 0 Å². The Bertz CT molecular complexity index is 5410. The van der Waals surface area contributed by atoms with Gasteiger partial charge in [-0.1, -0.05) is 102 Å². The monoisotopic (exact) mass is 1900 g/mol. The van der Waals surface area contributed by atoms with E-state index in [-0.39, 0.29) is 88.8 Å². The highest BCUT2D eigenvalue weighted by Gasteiger charge is 2.47. The summed E-state index contributed by atoms with van der Waals surface area (Å²) in [6.07, 6.45) is 6.59. The molecule has 7 aromatic rings. The first-order valence-corrected chi connectivity index (χ1v) is 46.7. The van der Waals surface area contributed by atoms with Crippen molar-refractivity contribution >= 4 is 134 Å². The van der Waals surface area contributed by atoms with Gasteiger partial charge in [0.2, 0.25) is 100 Å². The number of nitrogens with zero attached hydrogens (tertiary/aromatic N) is 7. The van der Waals surface area contributed by atoms with Gasteiger partial charge in [0, 0.05) is 137 Å². The van der Waals surface area contributed by atoms with E-state index in [1.165, 1.54) is 82.1 Å². The zero-order valence-corrected chi connectivity index (χ0v) is 78.1. The fourth-order valence-corrected chi connectivity index (χ4v) is 17.8. The molecule has 15 atom stereocenters. The Balaban J connectivity index is 1.02. The number of likely N-dealkylation sites (N-methyl/N-ethyl adjacent to an activating group) is 3. The number of thioether (sulfide) groups is 1. The van der Waals surface area contributed by atoms with Gasteiger partial charge in [-0.3, -0.25) is 86.5 Å². The van der Waals surface area contributed by atoms with Gasteiger partial charge in [0.05, 0.1) is 37.8 Å². The van der Waals surface area contributed by atoms with E-state index in [4.69, 9.17) is 11.5 Å². The van der Waals surface area contributed by atoms with Crippen molar-refractivity contribution in [1.82, 2.24) is 103 Å². The van der Waals surface area contributed by atoms with Crippen LogP contribution < -0.4 is 64.6 Å². The third kappa shape index (κ3) is 28.2. The van der Waals surface area contributed by atoms with Gasteiger partial charge in [-0.2, -0.15) is 0 Å². The number of aromatic hydroxyl groups is 1. The number of H-pyrrole nitrogens is 3. The van der Waals surface area contributed by atoms with Crippen molar-refractivity contribution in [2.45, 2.75) is 228 Å². The van der Waals surface area contributed by atoms with E-state index >= 15 is 43.2 Å². The Morgan fingerprint density at radius 2 is 1.04 bits per heavy atom. The summed E-state index contributed by atoms with van der Waals surface area (Å²) in [5.74, 6) is -17.4. The number of carbonyl (C=O) groups excluding carboxylic acids is 17. The number of carbonyl (C=O) groups is 17. The quantitative estimate of drug-likeness (QED) is 0.0325. The maximum absolute atomic E-state index is 15.8. The van der Waals surface area contributed by atoms with E-state index in [1.54, 1.807) is 86.9 Å². The van der Waals surface area contributed by atoms with Gasteiger partial charge < -0.3 is 119 Å². The third-order valence-corrected chi connectivity index (χ3v) is 25.6. The number of aliphatic hydroxyl groups is 2. The molecule has 10 rings (SSSR count). The summed E-state index contributed by atoms with van der Waals surface area (Å²) in [6, 6.07) is 1.03. The van der Waals surface area contributed by atoms with Crippen molar-refractivity contribution in [2.24, 2.45) is 17.4 Å². The van der Waals surface area contributed by atoms with Crippen LogP contribution in [0, 0.1) is 5.92 Å².